The molecule has 0 amide bonds. The van der Waals surface area contributed by atoms with Gasteiger partial charge in [-0.15, -0.1) is 0 Å². The van der Waals surface area contributed by atoms with Crippen LogP contribution >= 0.6 is 0 Å². The van der Waals surface area contributed by atoms with Gasteiger partial charge < -0.3 is 0 Å². The summed E-state index contributed by atoms with van der Waals surface area (Å²) in [5.41, 5.74) is 1.87. The Labute approximate surface area is 98.3 Å². The number of benzene rings is 1. The Kier molecular flexibility index (Phi) is 3.23. The van der Waals surface area contributed by atoms with E-state index in [1.807, 2.05) is 0 Å². The van der Waals surface area contributed by atoms with Gasteiger partial charge in [0.05, 0.1) is 0 Å². The number of aryl methyl sites for hydroxylation is 1. The van der Waals surface area contributed by atoms with Crippen LogP contribution in [0.25, 0.3) is 0 Å². The molecule has 0 spiro atoms. The summed E-state index contributed by atoms with van der Waals surface area (Å²) in [4.78, 5) is 19.0. The van der Waals surface area contributed by atoms with E-state index in [1.54, 1.807) is 25.1 Å². The smallest absolute Gasteiger partial charge is 0.168 e. The average molecular weight is 230 g/mol. The molecule has 0 saturated heterocycles. The van der Waals surface area contributed by atoms with Gasteiger partial charge in [-0.05, 0) is 30.7 Å². The van der Waals surface area contributed by atoms with Crippen molar-refractivity contribution in [3.8, 4) is 0 Å². The summed E-state index contributed by atoms with van der Waals surface area (Å²) in [5.74, 6) is 0.239. The Balaban J connectivity index is 2.29. The van der Waals surface area contributed by atoms with Gasteiger partial charge in [0.1, 0.15) is 17.3 Å². The fourth-order valence-corrected chi connectivity index (χ4v) is 1.63. The minimum absolute atomic E-state index is 0.286. The van der Waals surface area contributed by atoms with Gasteiger partial charge >= 0.3 is 0 Å². The van der Waals surface area contributed by atoms with Gasteiger partial charge in [0.2, 0.25) is 0 Å². The van der Waals surface area contributed by atoms with Gasteiger partial charge in [-0.1, -0.05) is 12.1 Å². The second-order valence-corrected chi connectivity index (χ2v) is 3.77. The molecule has 0 aliphatic heterocycles. The zero-order valence-corrected chi connectivity index (χ0v) is 9.35. The van der Waals surface area contributed by atoms with E-state index < -0.39 is 0 Å². The number of carbonyl (C=O) groups is 1. The van der Waals surface area contributed by atoms with E-state index in [4.69, 9.17) is 0 Å². The Morgan fingerprint density at radius 3 is 2.82 bits per heavy atom. The monoisotopic (exact) mass is 230 g/mol. The van der Waals surface area contributed by atoms with Crippen LogP contribution in [0.3, 0.4) is 0 Å². The third-order valence-corrected chi connectivity index (χ3v) is 2.29. The first kappa shape index (κ1) is 11.4. The summed E-state index contributed by atoms with van der Waals surface area (Å²) in [5, 5.41) is 0. The molecule has 0 N–H and O–H groups in total. The quantitative estimate of drug-likeness (QED) is 0.760. The number of halogens is 1. The molecule has 1 heterocycles. The lowest BCUT2D eigenvalue weighted by Gasteiger charge is -2.03. The molecule has 0 saturated carbocycles. The molecule has 0 atom stereocenters. The third-order valence-electron chi connectivity index (χ3n) is 2.29. The number of hydrogen-bond donors (Lipinski definition) is 0. The number of aromatic nitrogens is 2. The van der Waals surface area contributed by atoms with E-state index in [2.05, 4.69) is 9.97 Å². The fourth-order valence-electron chi connectivity index (χ4n) is 1.63. The maximum absolute atomic E-state index is 13.0. The minimum Gasteiger partial charge on any atom is -0.296 e. The van der Waals surface area contributed by atoms with E-state index in [0.29, 0.717) is 24.2 Å². The normalized spacial score (nSPS) is 10.2. The molecule has 0 aliphatic carbocycles. The molecule has 1 aromatic heterocycles. The van der Waals surface area contributed by atoms with Crippen LogP contribution in [-0.2, 0) is 6.42 Å². The van der Waals surface area contributed by atoms with Crippen LogP contribution in [0.4, 0.5) is 4.39 Å². The average Bonchev–Trinajstić information content (AvgIpc) is 2.28. The maximum Gasteiger partial charge on any atom is 0.168 e. The first-order valence-electron chi connectivity index (χ1n) is 5.21. The molecule has 2 rings (SSSR count). The highest BCUT2D eigenvalue weighted by atomic mass is 19.1. The first-order valence-corrected chi connectivity index (χ1v) is 5.21. The predicted octanol–water partition coefficient (Wildman–Crippen LogP) is 2.33. The molecule has 86 valence electrons. The van der Waals surface area contributed by atoms with Crippen molar-refractivity contribution in [2.45, 2.75) is 13.3 Å². The molecule has 17 heavy (non-hydrogen) atoms. The Morgan fingerprint density at radius 1 is 1.29 bits per heavy atom. The molecule has 1 aromatic carbocycles. The summed E-state index contributed by atoms with van der Waals surface area (Å²) in [7, 11) is 0. The van der Waals surface area contributed by atoms with E-state index in [-0.39, 0.29) is 5.82 Å². The van der Waals surface area contributed by atoms with E-state index in [0.717, 1.165) is 11.3 Å². The van der Waals surface area contributed by atoms with Crippen molar-refractivity contribution in [2.75, 3.05) is 0 Å². The standard InChI is InChI=1S/C13H11FN2O/c1-9-5-12(8-17)16-13(15-9)7-10-3-2-4-11(14)6-10/h2-6,8H,7H2,1H3. The number of hydrogen-bond acceptors (Lipinski definition) is 3. The lowest BCUT2D eigenvalue weighted by atomic mass is 10.1. The Morgan fingerprint density at radius 2 is 2.12 bits per heavy atom. The number of carbonyl (C=O) groups excluding carboxylic acids is 1. The van der Waals surface area contributed by atoms with E-state index in [9.17, 15) is 9.18 Å². The Hall–Kier alpha value is -2.10. The molecular formula is C13H11FN2O. The van der Waals surface area contributed by atoms with E-state index >= 15 is 0 Å². The van der Waals surface area contributed by atoms with Crippen LogP contribution in [0.1, 0.15) is 27.6 Å². The molecule has 4 heteroatoms. The number of aldehydes is 1. The molecule has 0 unspecified atom stereocenters. The minimum atomic E-state index is -0.286. The highest BCUT2D eigenvalue weighted by molar-refractivity contribution is 5.71. The van der Waals surface area contributed by atoms with Crippen LogP contribution in [-0.4, -0.2) is 16.3 Å². The van der Waals surface area contributed by atoms with Gasteiger partial charge in [0.25, 0.3) is 0 Å². The zero-order valence-electron chi connectivity index (χ0n) is 9.35. The van der Waals surface area contributed by atoms with Crippen LogP contribution in [0, 0.1) is 12.7 Å². The summed E-state index contributed by atoms with van der Waals surface area (Å²) >= 11 is 0. The van der Waals surface area contributed by atoms with Gasteiger partial charge in [-0.25, -0.2) is 14.4 Å². The molecular weight excluding hydrogens is 219 g/mol. The highest BCUT2D eigenvalue weighted by Crippen LogP contribution is 2.09. The number of nitrogens with zero attached hydrogens (tertiary/aromatic N) is 2. The van der Waals surface area contributed by atoms with Crippen molar-refractivity contribution in [3.63, 3.8) is 0 Å². The predicted molar refractivity (Wildman–Crippen MR) is 61.4 cm³/mol. The van der Waals surface area contributed by atoms with Crippen molar-refractivity contribution in [2.24, 2.45) is 0 Å². The molecule has 0 radical (unpaired) electrons. The van der Waals surface area contributed by atoms with E-state index in [1.165, 1.54) is 12.1 Å². The largest absolute Gasteiger partial charge is 0.296 e. The third kappa shape index (κ3) is 2.93. The molecule has 0 fully saturated rings. The lowest BCUT2D eigenvalue weighted by Crippen LogP contribution is -2.02. The van der Waals surface area contributed by atoms with Crippen molar-refractivity contribution in [1.29, 1.82) is 0 Å². The summed E-state index contributed by atoms with van der Waals surface area (Å²) < 4.78 is 13.0. The van der Waals surface area contributed by atoms with Crippen LogP contribution in [0.5, 0.6) is 0 Å². The highest BCUT2D eigenvalue weighted by Gasteiger charge is 2.03. The Bertz CT molecular complexity index is 555. The summed E-state index contributed by atoms with van der Waals surface area (Å²) in [6.45, 7) is 1.80. The van der Waals surface area contributed by atoms with Crippen molar-refractivity contribution < 1.29 is 9.18 Å². The van der Waals surface area contributed by atoms with Crippen molar-refractivity contribution in [1.82, 2.24) is 9.97 Å². The zero-order chi connectivity index (χ0) is 12.3. The van der Waals surface area contributed by atoms with Gasteiger partial charge in [0, 0.05) is 12.1 Å². The van der Waals surface area contributed by atoms with Crippen molar-refractivity contribution >= 4 is 6.29 Å². The second-order valence-electron chi connectivity index (χ2n) is 3.77. The van der Waals surface area contributed by atoms with Crippen LogP contribution in [0.2, 0.25) is 0 Å². The van der Waals surface area contributed by atoms with Gasteiger partial charge in [-0.2, -0.15) is 0 Å². The van der Waals surface area contributed by atoms with Gasteiger partial charge in [-0.3, -0.25) is 4.79 Å². The molecule has 0 aliphatic rings. The fraction of sp³-hybridized carbons (Fsp3) is 0.154. The molecule has 3 nitrogen and oxygen atoms in total. The molecule has 2 aromatic rings. The summed E-state index contributed by atoms with van der Waals surface area (Å²) in [6.07, 6.45) is 1.10. The topological polar surface area (TPSA) is 42.9 Å². The van der Waals surface area contributed by atoms with Crippen LogP contribution < -0.4 is 0 Å². The lowest BCUT2D eigenvalue weighted by molar-refractivity contribution is 0.111. The SMILES string of the molecule is Cc1cc(C=O)nc(Cc2cccc(F)c2)n1. The van der Waals surface area contributed by atoms with Crippen molar-refractivity contribution in [3.05, 3.63) is 58.9 Å². The second kappa shape index (κ2) is 4.82. The molecule has 0 bridgehead atoms. The van der Waals surface area contributed by atoms with Gasteiger partial charge in [0.15, 0.2) is 6.29 Å². The maximum atomic E-state index is 13.0. The summed E-state index contributed by atoms with van der Waals surface area (Å²) in [6, 6.07) is 7.88. The first-order chi connectivity index (χ1) is 8.17. The van der Waals surface area contributed by atoms with Crippen LogP contribution in [0.15, 0.2) is 30.3 Å². The number of rotatable bonds is 3.